The van der Waals surface area contributed by atoms with Crippen LogP contribution < -0.4 is 20.3 Å². The highest BCUT2D eigenvalue weighted by molar-refractivity contribution is 6.53. The zero-order chi connectivity index (χ0) is 25.1. The summed E-state index contributed by atoms with van der Waals surface area (Å²) in [6.07, 6.45) is 0. The Morgan fingerprint density at radius 1 is 0.971 bits per heavy atom. The zero-order valence-electron chi connectivity index (χ0n) is 19.5. The minimum Gasteiger partial charge on any atom is -0.494 e. The molecule has 8 heteroatoms. The number of anilines is 3. The summed E-state index contributed by atoms with van der Waals surface area (Å²) in [5.74, 6) is -0.891. The van der Waals surface area contributed by atoms with Crippen molar-refractivity contribution in [1.82, 2.24) is 0 Å². The van der Waals surface area contributed by atoms with E-state index in [4.69, 9.17) is 16.3 Å². The Bertz CT molecular complexity index is 1350. The molecule has 178 valence electrons. The van der Waals surface area contributed by atoms with Crippen molar-refractivity contribution in [3.63, 3.8) is 0 Å². The van der Waals surface area contributed by atoms with E-state index in [2.05, 4.69) is 10.6 Å². The van der Waals surface area contributed by atoms with Gasteiger partial charge in [0.25, 0.3) is 17.7 Å². The first kappa shape index (κ1) is 24.0. The first-order valence-corrected chi connectivity index (χ1v) is 11.4. The van der Waals surface area contributed by atoms with Crippen LogP contribution in [0.1, 0.15) is 28.4 Å². The molecule has 0 saturated carbocycles. The van der Waals surface area contributed by atoms with Crippen molar-refractivity contribution in [3.8, 4) is 5.75 Å². The molecule has 1 heterocycles. The minimum absolute atomic E-state index is 0.0577. The Hall–Kier alpha value is -4.10. The molecular formula is C27H24ClN3O4. The standard InChI is InChI=1S/C27H24ClN3O4/c1-4-35-21-13-11-20(12-14-21)31-26(33)23(28)24(27(31)34)29-19-9-6-8-18(15-19)25(32)30-22-10-5-7-16(2)17(22)3/h5-15,29H,4H2,1-3H3,(H,30,32). The van der Waals surface area contributed by atoms with Crippen LogP contribution in [0.25, 0.3) is 0 Å². The van der Waals surface area contributed by atoms with Gasteiger partial charge in [-0.1, -0.05) is 29.8 Å². The van der Waals surface area contributed by atoms with Gasteiger partial charge in [0.1, 0.15) is 16.5 Å². The average Bonchev–Trinajstić information content (AvgIpc) is 3.06. The number of imide groups is 1. The average molecular weight is 490 g/mol. The van der Waals surface area contributed by atoms with Gasteiger partial charge in [0.15, 0.2) is 0 Å². The zero-order valence-corrected chi connectivity index (χ0v) is 20.3. The Kier molecular flexibility index (Phi) is 6.89. The number of hydrogen-bond acceptors (Lipinski definition) is 5. The number of carbonyl (C=O) groups is 3. The molecule has 3 aromatic carbocycles. The van der Waals surface area contributed by atoms with Gasteiger partial charge in [-0.15, -0.1) is 0 Å². The second-order valence-electron chi connectivity index (χ2n) is 7.97. The van der Waals surface area contributed by atoms with Crippen molar-refractivity contribution < 1.29 is 19.1 Å². The molecule has 4 rings (SSSR count). The fourth-order valence-electron chi connectivity index (χ4n) is 3.67. The Morgan fingerprint density at radius 3 is 2.40 bits per heavy atom. The smallest absolute Gasteiger partial charge is 0.283 e. The number of nitrogens with one attached hydrogen (secondary N) is 2. The maximum Gasteiger partial charge on any atom is 0.283 e. The molecule has 0 radical (unpaired) electrons. The summed E-state index contributed by atoms with van der Waals surface area (Å²) in [7, 11) is 0. The fourth-order valence-corrected chi connectivity index (χ4v) is 3.88. The van der Waals surface area contributed by atoms with Crippen LogP contribution >= 0.6 is 11.6 Å². The topological polar surface area (TPSA) is 87.7 Å². The molecule has 1 aliphatic heterocycles. The third kappa shape index (κ3) is 4.90. The van der Waals surface area contributed by atoms with E-state index in [1.807, 2.05) is 39.0 Å². The summed E-state index contributed by atoms with van der Waals surface area (Å²) in [4.78, 5) is 39.6. The number of carbonyl (C=O) groups excluding carboxylic acids is 3. The second kappa shape index (κ2) is 10.0. The number of halogens is 1. The Morgan fingerprint density at radius 2 is 1.69 bits per heavy atom. The maximum atomic E-state index is 13.1. The highest BCUT2D eigenvalue weighted by Gasteiger charge is 2.39. The number of benzene rings is 3. The predicted molar refractivity (Wildman–Crippen MR) is 137 cm³/mol. The van der Waals surface area contributed by atoms with Crippen LogP contribution in [-0.4, -0.2) is 24.3 Å². The van der Waals surface area contributed by atoms with Crippen LogP contribution in [-0.2, 0) is 9.59 Å². The van der Waals surface area contributed by atoms with Crippen molar-refractivity contribution in [2.75, 3.05) is 22.1 Å². The second-order valence-corrected chi connectivity index (χ2v) is 8.35. The normalized spacial score (nSPS) is 13.3. The lowest BCUT2D eigenvalue weighted by Crippen LogP contribution is -2.32. The van der Waals surface area contributed by atoms with Gasteiger partial charge in [-0.2, -0.15) is 0 Å². The molecule has 2 N–H and O–H groups in total. The summed E-state index contributed by atoms with van der Waals surface area (Å²) in [6.45, 7) is 6.29. The first-order valence-electron chi connectivity index (χ1n) is 11.1. The molecule has 0 saturated heterocycles. The molecule has 7 nitrogen and oxygen atoms in total. The van der Waals surface area contributed by atoms with E-state index in [1.54, 1.807) is 48.5 Å². The van der Waals surface area contributed by atoms with Gasteiger partial charge in [-0.25, -0.2) is 4.90 Å². The number of ether oxygens (including phenoxy) is 1. The number of rotatable bonds is 7. The van der Waals surface area contributed by atoms with Crippen molar-refractivity contribution in [1.29, 1.82) is 0 Å². The van der Waals surface area contributed by atoms with Gasteiger partial charge in [-0.05, 0) is 80.4 Å². The van der Waals surface area contributed by atoms with E-state index < -0.39 is 11.8 Å². The van der Waals surface area contributed by atoms with Crippen molar-refractivity contribution in [2.24, 2.45) is 0 Å². The fraction of sp³-hybridized carbons (Fsp3) is 0.148. The highest BCUT2D eigenvalue weighted by Crippen LogP contribution is 2.31. The van der Waals surface area contributed by atoms with Gasteiger partial charge < -0.3 is 15.4 Å². The molecule has 0 unspecified atom stereocenters. The third-order valence-corrected chi connectivity index (χ3v) is 6.03. The summed E-state index contributed by atoms with van der Waals surface area (Å²) in [5.41, 5.74) is 3.92. The summed E-state index contributed by atoms with van der Waals surface area (Å²) in [5, 5.41) is 5.60. The van der Waals surface area contributed by atoms with Crippen LogP contribution in [0.15, 0.2) is 77.5 Å². The van der Waals surface area contributed by atoms with Gasteiger partial charge in [0.2, 0.25) is 0 Å². The molecule has 0 atom stereocenters. The van der Waals surface area contributed by atoms with Crippen LogP contribution in [0.2, 0.25) is 0 Å². The minimum atomic E-state index is -0.632. The lowest BCUT2D eigenvalue weighted by atomic mass is 10.1. The number of aryl methyl sites for hydroxylation is 1. The van der Waals surface area contributed by atoms with Crippen LogP contribution in [0.5, 0.6) is 5.75 Å². The van der Waals surface area contributed by atoms with Gasteiger partial charge in [0, 0.05) is 16.9 Å². The molecule has 0 fully saturated rings. The third-order valence-electron chi connectivity index (χ3n) is 5.68. The van der Waals surface area contributed by atoms with E-state index in [1.165, 1.54) is 0 Å². The van der Waals surface area contributed by atoms with Crippen LogP contribution in [0.4, 0.5) is 17.1 Å². The summed E-state index contributed by atoms with van der Waals surface area (Å²) < 4.78 is 5.41. The molecule has 0 aromatic heterocycles. The molecule has 3 aromatic rings. The largest absolute Gasteiger partial charge is 0.494 e. The van der Waals surface area contributed by atoms with E-state index >= 15 is 0 Å². The highest BCUT2D eigenvalue weighted by atomic mass is 35.5. The monoisotopic (exact) mass is 489 g/mol. The Labute approximate surface area is 208 Å². The first-order chi connectivity index (χ1) is 16.8. The van der Waals surface area contributed by atoms with Crippen molar-refractivity contribution >= 4 is 46.4 Å². The van der Waals surface area contributed by atoms with Gasteiger partial charge in [-0.3, -0.25) is 14.4 Å². The lowest BCUT2D eigenvalue weighted by molar-refractivity contribution is -0.120. The van der Waals surface area contributed by atoms with Crippen molar-refractivity contribution in [3.05, 3.63) is 94.1 Å². The van der Waals surface area contributed by atoms with Gasteiger partial charge in [0.05, 0.1) is 12.3 Å². The molecule has 0 aliphatic carbocycles. The number of amides is 3. The predicted octanol–water partition coefficient (Wildman–Crippen LogP) is 5.39. The molecule has 0 bridgehead atoms. The number of nitrogens with zero attached hydrogens (tertiary/aromatic N) is 1. The lowest BCUT2D eigenvalue weighted by Gasteiger charge is -2.16. The molecule has 0 spiro atoms. The molecule has 35 heavy (non-hydrogen) atoms. The number of hydrogen-bond donors (Lipinski definition) is 2. The maximum absolute atomic E-state index is 13.1. The molecule has 3 amide bonds. The van der Waals surface area contributed by atoms with Gasteiger partial charge >= 0.3 is 0 Å². The van der Waals surface area contributed by atoms with E-state index in [9.17, 15) is 14.4 Å². The SMILES string of the molecule is CCOc1ccc(N2C(=O)C(Cl)=C(Nc3cccc(C(=O)Nc4cccc(C)c4C)c3)C2=O)cc1. The molecule has 1 aliphatic rings. The van der Waals surface area contributed by atoms with E-state index in [-0.39, 0.29) is 16.6 Å². The molecular weight excluding hydrogens is 466 g/mol. The summed E-state index contributed by atoms with van der Waals surface area (Å²) >= 11 is 6.24. The van der Waals surface area contributed by atoms with Crippen LogP contribution in [0, 0.1) is 13.8 Å². The van der Waals surface area contributed by atoms with Crippen LogP contribution in [0.3, 0.4) is 0 Å². The Balaban J connectivity index is 1.52. The van der Waals surface area contributed by atoms with Crippen molar-refractivity contribution in [2.45, 2.75) is 20.8 Å². The summed E-state index contributed by atoms with van der Waals surface area (Å²) in [6, 6.07) is 18.9. The van der Waals surface area contributed by atoms with E-state index in [0.29, 0.717) is 29.3 Å². The van der Waals surface area contributed by atoms with E-state index in [0.717, 1.165) is 21.7 Å². The quantitative estimate of drug-likeness (QED) is 0.434.